The third-order valence-electron chi connectivity index (χ3n) is 10.1. The number of hydrogen-bond acceptors (Lipinski definition) is 6. The number of nitrogens with zero attached hydrogens (tertiary/aromatic N) is 1. The Labute approximate surface area is 304 Å². The summed E-state index contributed by atoms with van der Waals surface area (Å²) in [7, 11) is 1.36. The lowest BCUT2D eigenvalue weighted by atomic mass is 9.77. The number of rotatable bonds is 11. The summed E-state index contributed by atoms with van der Waals surface area (Å²) in [6.45, 7) is 0.761. The number of carboxylic acid groups (broad SMARTS) is 1. The van der Waals surface area contributed by atoms with E-state index in [0.29, 0.717) is 5.56 Å². The highest BCUT2D eigenvalue weighted by Gasteiger charge is 2.43. The number of fused-ring (bicyclic) bond motifs is 1. The molecule has 0 bridgehead atoms. The van der Waals surface area contributed by atoms with E-state index in [1.807, 2.05) is 84.9 Å². The van der Waals surface area contributed by atoms with Crippen LogP contribution < -0.4 is 5.11 Å². The number of esters is 1. The fraction of sp³-hybridized carbons (Fsp3) is 0.200. The summed E-state index contributed by atoms with van der Waals surface area (Å²) in [5.74, 6) is -1.07. The van der Waals surface area contributed by atoms with Gasteiger partial charge in [-0.1, -0.05) is 140 Å². The van der Waals surface area contributed by atoms with Crippen LogP contribution in [0.5, 0.6) is 0 Å². The molecule has 1 aliphatic heterocycles. The van der Waals surface area contributed by atoms with Crippen molar-refractivity contribution in [3.05, 3.63) is 191 Å². The van der Waals surface area contributed by atoms with Crippen molar-refractivity contribution in [2.45, 2.75) is 24.2 Å². The van der Waals surface area contributed by atoms with Gasteiger partial charge in [-0.2, -0.15) is 0 Å². The summed E-state index contributed by atoms with van der Waals surface area (Å²) in [6.07, 6.45) is -1.81. The molecule has 7 heteroatoms. The number of carbonyl (C=O) groups excluding carboxylic acids is 2. The standard InChI is InChI=1S/C45H41NO6/c1-50-43(47)35-25-23-34(24-26-35)42-37(28-46(44(48)49)29-41(42)51-30-32-21-22-33-13-11-12-14-36(33)27-32)31-52-45(38-15-5-2-6-16-38,39-17-7-3-8-18-39)40-19-9-4-10-20-40/h2-27,37,41-42H,28-31H2,1H3,(H,48,49)/p-1. The molecule has 3 unspecified atom stereocenters. The average Bonchev–Trinajstić information content (AvgIpc) is 3.21. The number of methoxy groups -OCH3 is 1. The van der Waals surface area contributed by atoms with Crippen LogP contribution in [0.2, 0.25) is 0 Å². The Balaban J connectivity index is 1.29. The Bertz CT molecular complexity index is 2010. The second-order valence-electron chi connectivity index (χ2n) is 13.2. The largest absolute Gasteiger partial charge is 0.530 e. The van der Waals surface area contributed by atoms with Crippen LogP contribution in [0, 0.1) is 5.92 Å². The molecule has 52 heavy (non-hydrogen) atoms. The summed E-state index contributed by atoms with van der Waals surface area (Å²) in [5.41, 5.74) is 4.15. The number of benzene rings is 6. The maximum absolute atomic E-state index is 12.6. The molecule has 262 valence electrons. The minimum absolute atomic E-state index is 0.122. The highest BCUT2D eigenvalue weighted by atomic mass is 16.5. The molecule has 0 radical (unpaired) electrons. The van der Waals surface area contributed by atoms with Crippen LogP contribution in [-0.2, 0) is 26.4 Å². The van der Waals surface area contributed by atoms with E-state index in [1.54, 1.807) is 12.1 Å². The van der Waals surface area contributed by atoms with E-state index < -0.39 is 23.8 Å². The third-order valence-corrected chi connectivity index (χ3v) is 10.1. The normalized spacial score (nSPS) is 17.5. The van der Waals surface area contributed by atoms with Gasteiger partial charge in [-0.25, -0.2) is 4.79 Å². The van der Waals surface area contributed by atoms with Crippen LogP contribution in [0.1, 0.15) is 44.1 Å². The second-order valence-corrected chi connectivity index (χ2v) is 13.2. The zero-order valence-electron chi connectivity index (χ0n) is 29.0. The molecule has 3 atom stereocenters. The van der Waals surface area contributed by atoms with Crippen LogP contribution >= 0.6 is 0 Å². The van der Waals surface area contributed by atoms with Gasteiger partial charge in [0.25, 0.3) is 0 Å². The molecule has 0 saturated carbocycles. The first-order chi connectivity index (χ1) is 25.5. The molecule has 7 rings (SSSR count). The fourth-order valence-corrected chi connectivity index (χ4v) is 7.55. The lowest BCUT2D eigenvalue weighted by Crippen LogP contribution is -2.56. The van der Waals surface area contributed by atoms with Crippen LogP contribution in [-0.4, -0.2) is 49.9 Å². The predicted octanol–water partition coefficient (Wildman–Crippen LogP) is 7.58. The molecule has 1 heterocycles. The third kappa shape index (κ3) is 7.19. The average molecular weight is 691 g/mol. The van der Waals surface area contributed by atoms with Gasteiger partial charge in [0.15, 0.2) is 0 Å². The predicted molar refractivity (Wildman–Crippen MR) is 199 cm³/mol. The van der Waals surface area contributed by atoms with E-state index in [9.17, 15) is 14.7 Å². The molecule has 0 N–H and O–H groups in total. The van der Waals surface area contributed by atoms with E-state index in [0.717, 1.165) is 38.6 Å². The number of piperidine rings is 1. The van der Waals surface area contributed by atoms with Gasteiger partial charge in [0.2, 0.25) is 0 Å². The van der Waals surface area contributed by atoms with Crippen molar-refractivity contribution in [1.82, 2.24) is 4.90 Å². The highest BCUT2D eigenvalue weighted by molar-refractivity contribution is 5.89. The molecule has 1 saturated heterocycles. The Morgan fingerprint density at radius 3 is 1.81 bits per heavy atom. The molecular weight excluding hydrogens is 650 g/mol. The van der Waals surface area contributed by atoms with Crippen LogP contribution in [0.25, 0.3) is 10.8 Å². The summed E-state index contributed by atoms with van der Waals surface area (Å²) < 4.78 is 18.9. The first-order valence-corrected chi connectivity index (χ1v) is 17.5. The van der Waals surface area contributed by atoms with E-state index in [2.05, 4.69) is 60.7 Å². The summed E-state index contributed by atoms with van der Waals surface area (Å²) in [5, 5.41) is 14.8. The minimum atomic E-state index is -1.26. The smallest absolute Gasteiger partial charge is 0.337 e. The Kier molecular flexibility index (Phi) is 10.4. The molecule has 0 aromatic heterocycles. The quantitative estimate of drug-likeness (QED) is 0.103. The van der Waals surface area contributed by atoms with Crippen molar-refractivity contribution in [2.75, 3.05) is 26.8 Å². The van der Waals surface area contributed by atoms with Gasteiger partial charge in [0.1, 0.15) is 11.7 Å². The number of ether oxygens (including phenoxy) is 3. The Morgan fingerprint density at radius 2 is 1.25 bits per heavy atom. The second kappa shape index (κ2) is 15.6. The van der Waals surface area contributed by atoms with Crippen molar-refractivity contribution in [1.29, 1.82) is 0 Å². The van der Waals surface area contributed by atoms with Crippen LogP contribution in [0.3, 0.4) is 0 Å². The number of hydrogen-bond donors (Lipinski definition) is 0. The zero-order valence-corrected chi connectivity index (χ0v) is 29.0. The molecule has 6 aromatic carbocycles. The Morgan fingerprint density at radius 1 is 0.692 bits per heavy atom. The van der Waals surface area contributed by atoms with Crippen LogP contribution in [0.4, 0.5) is 4.79 Å². The van der Waals surface area contributed by atoms with Gasteiger partial charge < -0.3 is 29.0 Å². The van der Waals surface area contributed by atoms with Crippen molar-refractivity contribution in [2.24, 2.45) is 5.92 Å². The minimum Gasteiger partial charge on any atom is -0.530 e. The van der Waals surface area contributed by atoms with Gasteiger partial charge in [0.05, 0.1) is 32.0 Å². The van der Waals surface area contributed by atoms with E-state index >= 15 is 0 Å². The summed E-state index contributed by atoms with van der Waals surface area (Å²) in [6, 6.07) is 52.0. The maximum Gasteiger partial charge on any atom is 0.337 e. The van der Waals surface area contributed by atoms with Crippen molar-refractivity contribution < 1.29 is 28.9 Å². The molecule has 1 aliphatic rings. The van der Waals surface area contributed by atoms with Gasteiger partial charge in [-0.3, -0.25) is 0 Å². The molecule has 6 aromatic rings. The van der Waals surface area contributed by atoms with Crippen molar-refractivity contribution >= 4 is 22.8 Å². The summed E-state index contributed by atoms with van der Waals surface area (Å²) in [4.78, 5) is 26.3. The topological polar surface area (TPSA) is 88.1 Å². The fourth-order valence-electron chi connectivity index (χ4n) is 7.55. The number of likely N-dealkylation sites (tertiary alicyclic amines) is 1. The molecule has 1 fully saturated rings. The molecule has 1 amide bonds. The van der Waals surface area contributed by atoms with Gasteiger partial charge in [0, 0.05) is 24.9 Å². The van der Waals surface area contributed by atoms with E-state index in [1.165, 1.54) is 12.0 Å². The first kappa shape index (κ1) is 34.7. The molecule has 7 nitrogen and oxygen atoms in total. The van der Waals surface area contributed by atoms with E-state index in [-0.39, 0.29) is 38.1 Å². The number of amides is 1. The van der Waals surface area contributed by atoms with E-state index in [4.69, 9.17) is 14.2 Å². The summed E-state index contributed by atoms with van der Waals surface area (Å²) >= 11 is 0. The highest BCUT2D eigenvalue weighted by Crippen LogP contribution is 2.43. The lowest BCUT2D eigenvalue weighted by molar-refractivity contribution is -0.270. The van der Waals surface area contributed by atoms with Gasteiger partial charge in [-0.15, -0.1) is 0 Å². The SMILES string of the molecule is COC(=O)c1ccc(C2C(COC(c3ccccc3)(c3ccccc3)c3ccccc3)CN(C(=O)[O-])CC2OCc2ccc3ccccc3c2)cc1. The molecule has 0 spiro atoms. The van der Waals surface area contributed by atoms with Gasteiger partial charge in [-0.05, 0) is 56.8 Å². The monoisotopic (exact) mass is 690 g/mol. The zero-order chi connectivity index (χ0) is 35.9. The molecular formula is C45H40NO6-. The number of carbonyl (C=O) groups is 2. The lowest BCUT2D eigenvalue weighted by Gasteiger charge is -2.46. The molecule has 0 aliphatic carbocycles. The van der Waals surface area contributed by atoms with Crippen molar-refractivity contribution in [3.63, 3.8) is 0 Å². The van der Waals surface area contributed by atoms with Crippen molar-refractivity contribution in [3.8, 4) is 0 Å². The van der Waals surface area contributed by atoms with Gasteiger partial charge >= 0.3 is 5.97 Å². The first-order valence-electron chi connectivity index (χ1n) is 17.5. The maximum atomic E-state index is 12.6. The Hall–Kier alpha value is -5.76. The van der Waals surface area contributed by atoms with Crippen LogP contribution in [0.15, 0.2) is 158 Å².